The van der Waals surface area contributed by atoms with Crippen LogP contribution in [0.2, 0.25) is 0 Å². The zero-order valence-corrected chi connectivity index (χ0v) is 16.5. The molecule has 0 unspecified atom stereocenters. The standard InChI is InChI=1S/C24H33NO/c1-19(2)23-17-24(14-16-26-23,22-11-9-20(3)10-12-22)13-15-25-18-21-7-5-4-6-8-21/h4-12,19,23,25H,13-18H2,1-3H3/t23-,24+/m0/s1. The highest BCUT2D eigenvalue weighted by Gasteiger charge is 2.38. The molecule has 1 fully saturated rings. The van der Waals surface area contributed by atoms with Crippen LogP contribution in [0.3, 0.4) is 0 Å². The van der Waals surface area contributed by atoms with Crippen LogP contribution in [-0.2, 0) is 16.7 Å². The molecule has 0 aromatic heterocycles. The molecule has 1 aliphatic heterocycles. The quantitative estimate of drug-likeness (QED) is 0.688. The van der Waals surface area contributed by atoms with Crippen molar-refractivity contribution in [2.24, 2.45) is 5.92 Å². The number of aryl methyl sites for hydroxylation is 1. The first-order valence-electron chi connectivity index (χ1n) is 10.0. The molecule has 2 heteroatoms. The molecule has 0 saturated carbocycles. The van der Waals surface area contributed by atoms with Crippen molar-refractivity contribution in [3.8, 4) is 0 Å². The van der Waals surface area contributed by atoms with Gasteiger partial charge in [-0.1, -0.05) is 74.0 Å². The molecule has 0 aliphatic carbocycles. The number of hydrogen-bond donors (Lipinski definition) is 1. The van der Waals surface area contributed by atoms with Crippen LogP contribution in [0.1, 0.15) is 49.8 Å². The molecule has 2 aromatic carbocycles. The summed E-state index contributed by atoms with van der Waals surface area (Å²) in [5.41, 5.74) is 4.39. The van der Waals surface area contributed by atoms with Gasteiger partial charge in [-0.2, -0.15) is 0 Å². The second kappa shape index (κ2) is 8.83. The topological polar surface area (TPSA) is 21.3 Å². The Morgan fingerprint density at radius 2 is 1.81 bits per heavy atom. The van der Waals surface area contributed by atoms with Crippen LogP contribution in [0.25, 0.3) is 0 Å². The summed E-state index contributed by atoms with van der Waals surface area (Å²) in [6, 6.07) is 19.9. The van der Waals surface area contributed by atoms with Crippen LogP contribution in [0.5, 0.6) is 0 Å². The van der Waals surface area contributed by atoms with Crippen molar-refractivity contribution in [2.75, 3.05) is 13.2 Å². The van der Waals surface area contributed by atoms with E-state index in [1.165, 1.54) is 16.7 Å². The molecule has 0 spiro atoms. The fraction of sp³-hybridized carbons (Fsp3) is 0.500. The summed E-state index contributed by atoms with van der Waals surface area (Å²) in [5.74, 6) is 0.567. The maximum Gasteiger partial charge on any atom is 0.0606 e. The van der Waals surface area contributed by atoms with E-state index in [0.29, 0.717) is 12.0 Å². The van der Waals surface area contributed by atoms with E-state index >= 15 is 0 Å². The smallest absolute Gasteiger partial charge is 0.0606 e. The predicted molar refractivity (Wildman–Crippen MR) is 109 cm³/mol. The summed E-state index contributed by atoms with van der Waals surface area (Å²) >= 11 is 0. The fourth-order valence-corrected chi connectivity index (χ4v) is 4.08. The Morgan fingerprint density at radius 3 is 2.50 bits per heavy atom. The third-order valence-electron chi connectivity index (χ3n) is 5.86. The van der Waals surface area contributed by atoms with Gasteiger partial charge in [-0.05, 0) is 49.8 Å². The van der Waals surface area contributed by atoms with Crippen LogP contribution in [0, 0.1) is 12.8 Å². The predicted octanol–water partition coefficient (Wildman–Crippen LogP) is 5.25. The minimum absolute atomic E-state index is 0.227. The molecule has 1 aliphatic rings. The van der Waals surface area contributed by atoms with Crippen LogP contribution in [0.4, 0.5) is 0 Å². The Balaban J connectivity index is 1.69. The van der Waals surface area contributed by atoms with Gasteiger partial charge < -0.3 is 10.1 Å². The van der Waals surface area contributed by atoms with E-state index in [4.69, 9.17) is 4.74 Å². The zero-order chi connectivity index (χ0) is 18.4. The van der Waals surface area contributed by atoms with Gasteiger partial charge in [-0.3, -0.25) is 0 Å². The van der Waals surface area contributed by atoms with Gasteiger partial charge in [0.1, 0.15) is 0 Å². The van der Waals surface area contributed by atoms with Crippen LogP contribution in [0.15, 0.2) is 54.6 Å². The average Bonchev–Trinajstić information content (AvgIpc) is 2.67. The molecule has 0 radical (unpaired) electrons. The normalized spacial score (nSPS) is 23.3. The Hall–Kier alpha value is -1.64. The van der Waals surface area contributed by atoms with E-state index in [1.807, 2.05) is 0 Å². The van der Waals surface area contributed by atoms with Crippen molar-refractivity contribution < 1.29 is 4.74 Å². The monoisotopic (exact) mass is 351 g/mol. The van der Waals surface area contributed by atoms with E-state index < -0.39 is 0 Å². The molecule has 2 aromatic rings. The highest BCUT2D eigenvalue weighted by atomic mass is 16.5. The van der Waals surface area contributed by atoms with Gasteiger partial charge in [-0.15, -0.1) is 0 Å². The van der Waals surface area contributed by atoms with E-state index in [-0.39, 0.29) is 5.41 Å². The first-order chi connectivity index (χ1) is 12.6. The van der Waals surface area contributed by atoms with Crippen molar-refractivity contribution in [3.05, 3.63) is 71.3 Å². The number of hydrogen-bond acceptors (Lipinski definition) is 2. The molecule has 0 amide bonds. The highest BCUT2D eigenvalue weighted by molar-refractivity contribution is 5.30. The van der Waals surface area contributed by atoms with Crippen LogP contribution < -0.4 is 5.32 Å². The maximum absolute atomic E-state index is 6.10. The first-order valence-corrected chi connectivity index (χ1v) is 10.0. The summed E-state index contributed by atoms with van der Waals surface area (Å²) in [5, 5.41) is 3.66. The van der Waals surface area contributed by atoms with Crippen molar-refractivity contribution in [2.45, 2.75) is 58.1 Å². The fourth-order valence-electron chi connectivity index (χ4n) is 4.08. The second-order valence-corrected chi connectivity index (χ2v) is 8.17. The van der Waals surface area contributed by atoms with Gasteiger partial charge in [0.15, 0.2) is 0 Å². The van der Waals surface area contributed by atoms with Crippen molar-refractivity contribution >= 4 is 0 Å². The van der Waals surface area contributed by atoms with E-state index in [9.17, 15) is 0 Å². The van der Waals surface area contributed by atoms with E-state index in [1.54, 1.807) is 0 Å². The van der Waals surface area contributed by atoms with Gasteiger partial charge in [-0.25, -0.2) is 0 Å². The van der Waals surface area contributed by atoms with Crippen molar-refractivity contribution in [1.29, 1.82) is 0 Å². The van der Waals surface area contributed by atoms with Gasteiger partial charge in [0.25, 0.3) is 0 Å². The summed E-state index contributed by atoms with van der Waals surface area (Å²) in [6.45, 7) is 9.57. The van der Waals surface area contributed by atoms with Crippen LogP contribution in [-0.4, -0.2) is 19.3 Å². The summed E-state index contributed by atoms with van der Waals surface area (Å²) < 4.78 is 6.10. The van der Waals surface area contributed by atoms with Gasteiger partial charge in [0.2, 0.25) is 0 Å². The summed E-state index contributed by atoms with van der Waals surface area (Å²) in [7, 11) is 0. The summed E-state index contributed by atoms with van der Waals surface area (Å²) in [6.07, 6.45) is 3.77. The number of benzene rings is 2. The van der Waals surface area contributed by atoms with Gasteiger partial charge in [0.05, 0.1) is 6.10 Å². The lowest BCUT2D eigenvalue weighted by Crippen LogP contribution is -2.42. The highest BCUT2D eigenvalue weighted by Crippen LogP contribution is 2.41. The SMILES string of the molecule is Cc1ccc([C@]2(CCNCc3ccccc3)CCO[C@H](C(C)C)C2)cc1. The van der Waals surface area contributed by atoms with E-state index in [0.717, 1.165) is 39.0 Å². The average molecular weight is 352 g/mol. The minimum atomic E-state index is 0.227. The molecular formula is C24H33NO. The van der Waals surface area contributed by atoms with Gasteiger partial charge in [0, 0.05) is 18.6 Å². The third-order valence-corrected chi connectivity index (χ3v) is 5.86. The number of ether oxygens (including phenoxy) is 1. The second-order valence-electron chi connectivity index (χ2n) is 8.17. The Bertz CT molecular complexity index is 664. The Labute approximate surface area is 159 Å². The van der Waals surface area contributed by atoms with E-state index in [2.05, 4.69) is 80.7 Å². The molecular weight excluding hydrogens is 318 g/mol. The molecule has 2 atom stereocenters. The molecule has 26 heavy (non-hydrogen) atoms. The molecule has 2 nitrogen and oxygen atoms in total. The minimum Gasteiger partial charge on any atom is -0.378 e. The molecule has 140 valence electrons. The molecule has 1 heterocycles. The molecule has 0 bridgehead atoms. The Kier molecular flexibility index (Phi) is 6.50. The lowest BCUT2D eigenvalue weighted by atomic mass is 9.68. The molecule has 1 N–H and O–H groups in total. The molecule has 3 rings (SSSR count). The maximum atomic E-state index is 6.10. The lowest BCUT2D eigenvalue weighted by molar-refractivity contribution is -0.0469. The third kappa shape index (κ3) is 4.75. The van der Waals surface area contributed by atoms with Crippen molar-refractivity contribution in [1.82, 2.24) is 5.32 Å². The molecule has 1 saturated heterocycles. The summed E-state index contributed by atoms with van der Waals surface area (Å²) in [4.78, 5) is 0. The Morgan fingerprint density at radius 1 is 1.08 bits per heavy atom. The van der Waals surface area contributed by atoms with Crippen molar-refractivity contribution in [3.63, 3.8) is 0 Å². The largest absolute Gasteiger partial charge is 0.378 e. The van der Waals surface area contributed by atoms with Crippen LogP contribution >= 0.6 is 0 Å². The van der Waals surface area contributed by atoms with Gasteiger partial charge >= 0.3 is 0 Å². The lowest BCUT2D eigenvalue weighted by Gasteiger charge is -2.43. The first kappa shape index (κ1) is 19.1. The number of rotatable bonds is 7. The zero-order valence-electron chi connectivity index (χ0n) is 16.5. The number of nitrogens with one attached hydrogen (secondary N) is 1.